The van der Waals surface area contributed by atoms with Crippen LogP contribution in [0.5, 0.6) is 23.0 Å². The number of aryl methyl sites for hydroxylation is 1. The molecule has 6 heteroatoms. The van der Waals surface area contributed by atoms with Crippen molar-refractivity contribution in [1.82, 2.24) is 4.37 Å². The number of fused-ring (bicyclic) bond motifs is 1. The van der Waals surface area contributed by atoms with Gasteiger partial charge < -0.3 is 18.9 Å². The zero-order chi connectivity index (χ0) is 18.8. The Bertz CT molecular complexity index is 950. The number of hydrogen-bond acceptors (Lipinski definition) is 6. The summed E-state index contributed by atoms with van der Waals surface area (Å²) in [5, 5.41) is 0. The van der Waals surface area contributed by atoms with Crippen LogP contribution in [0.15, 0.2) is 36.5 Å². The van der Waals surface area contributed by atoms with Crippen LogP contribution < -0.4 is 18.9 Å². The van der Waals surface area contributed by atoms with Gasteiger partial charge in [-0.25, -0.2) is 0 Å². The Hall–Kier alpha value is -2.73. The van der Waals surface area contributed by atoms with Gasteiger partial charge in [-0.2, -0.15) is 4.37 Å². The molecule has 4 rings (SSSR count). The number of hydrogen-bond donors (Lipinski definition) is 0. The second-order valence-electron chi connectivity index (χ2n) is 6.25. The first-order valence-electron chi connectivity index (χ1n) is 8.76. The second-order valence-corrected chi connectivity index (χ2v) is 7.06. The van der Waals surface area contributed by atoms with Crippen LogP contribution in [0.4, 0.5) is 0 Å². The van der Waals surface area contributed by atoms with Gasteiger partial charge in [0, 0.05) is 23.4 Å². The molecule has 5 nitrogen and oxygen atoms in total. The van der Waals surface area contributed by atoms with Gasteiger partial charge in [-0.15, -0.1) is 0 Å². The van der Waals surface area contributed by atoms with Gasteiger partial charge >= 0.3 is 0 Å². The smallest absolute Gasteiger partial charge is 0.164 e. The van der Waals surface area contributed by atoms with Crippen LogP contribution in [-0.4, -0.2) is 32.3 Å². The lowest BCUT2D eigenvalue weighted by Crippen LogP contribution is -2.09. The topological polar surface area (TPSA) is 49.8 Å². The molecule has 0 saturated carbocycles. The van der Waals surface area contributed by atoms with Crippen molar-refractivity contribution < 1.29 is 18.9 Å². The maximum absolute atomic E-state index is 5.82. The number of benzene rings is 2. The summed E-state index contributed by atoms with van der Waals surface area (Å²) in [4.78, 5) is 1.07. The Morgan fingerprint density at radius 3 is 2.59 bits per heavy atom. The van der Waals surface area contributed by atoms with Crippen molar-refractivity contribution in [3.05, 3.63) is 42.1 Å². The van der Waals surface area contributed by atoms with Crippen LogP contribution in [0.3, 0.4) is 0 Å². The Morgan fingerprint density at radius 1 is 0.963 bits per heavy atom. The quantitative estimate of drug-likeness (QED) is 0.632. The third-order valence-corrected chi connectivity index (χ3v) is 5.57. The predicted molar refractivity (Wildman–Crippen MR) is 106 cm³/mol. The molecular formula is C21H21NO4S. The number of methoxy groups -OCH3 is 3. The highest BCUT2D eigenvalue weighted by molar-refractivity contribution is 7.10. The molecule has 0 amide bonds. The van der Waals surface area contributed by atoms with Crippen molar-refractivity contribution in [2.45, 2.75) is 12.8 Å². The lowest BCUT2D eigenvalue weighted by Gasteiger charge is -2.21. The van der Waals surface area contributed by atoms with Crippen LogP contribution >= 0.6 is 11.5 Å². The first-order valence-corrected chi connectivity index (χ1v) is 9.53. The fraction of sp³-hybridized carbons (Fsp3) is 0.286. The van der Waals surface area contributed by atoms with Gasteiger partial charge in [0.15, 0.2) is 11.5 Å². The molecular weight excluding hydrogens is 362 g/mol. The molecule has 0 aliphatic carbocycles. The van der Waals surface area contributed by atoms with E-state index in [1.54, 1.807) is 21.3 Å². The minimum Gasteiger partial charge on any atom is -0.497 e. The van der Waals surface area contributed by atoms with Gasteiger partial charge in [0.05, 0.1) is 32.8 Å². The average molecular weight is 383 g/mol. The molecule has 3 aromatic rings. The Labute approximate surface area is 162 Å². The van der Waals surface area contributed by atoms with Crippen LogP contribution in [0.1, 0.15) is 12.0 Å². The van der Waals surface area contributed by atoms with Crippen molar-refractivity contribution >= 4 is 11.5 Å². The highest BCUT2D eigenvalue weighted by Gasteiger charge is 2.21. The second kappa shape index (κ2) is 7.48. The van der Waals surface area contributed by atoms with Crippen molar-refractivity contribution in [2.24, 2.45) is 0 Å². The van der Waals surface area contributed by atoms with Gasteiger partial charge in [-0.3, -0.25) is 0 Å². The predicted octanol–water partition coefficient (Wildman–Crippen LogP) is 4.83. The monoisotopic (exact) mass is 383 g/mol. The zero-order valence-electron chi connectivity index (χ0n) is 15.6. The summed E-state index contributed by atoms with van der Waals surface area (Å²) in [5.74, 6) is 3.14. The Balaban J connectivity index is 1.84. The van der Waals surface area contributed by atoms with Gasteiger partial charge in [0.1, 0.15) is 11.5 Å². The van der Waals surface area contributed by atoms with Gasteiger partial charge in [-0.05, 0) is 59.8 Å². The third kappa shape index (κ3) is 3.21. The lowest BCUT2D eigenvalue weighted by molar-refractivity contribution is 0.269. The van der Waals surface area contributed by atoms with Crippen LogP contribution in [0.2, 0.25) is 0 Å². The lowest BCUT2D eigenvalue weighted by atomic mass is 9.98. The summed E-state index contributed by atoms with van der Waals surface area (Å²) in [7, 11) is 4.99. The van der Waals surface area contributed by atoms with E-state index in [2.05, 4.69) is 10.4 Å². The molecule has 140 valence electrons. The zero-order valence-corrected chi connectivity index (χ0v) is 16.4. The SMILES string of the molecule is COc1ccc(-c2cnsc2-c2cc3c(c(OC)c2)OCCC3)c(OC)c1. The molecule has 27 heavy (non-hydrogen) atoms. The van der Waals surface area contributed by atoms with E-state index in [-0.39, 0.29) is 0 Å². The highest BCUT2D eigenvalue weighted by atomic mass is 32.1. The minimum absolute atomic E-state index is 0.734. The van der Waals surface area contributed by atoms with Gasteiger partial charge in [0.25, 0.3) is 0 Å². The van der Waals surface area contributed by atoms with E-state index in [0.29, 0.717) is 0 Å². The van der Waals surface area contributed by atoms with Crippen LogP contribution in [0, 0.1) is 0 Å². The first kappa shape index (κ1) is 17.7. The molecule has 0 saturated heterocycles. The number of rotatable bonds is 5. The average Bonchev–Trinajstić information content (AvgIpc) is 3.22. The van der Waals surface area contributed by atoms with Gasteiger partial charge in [-0.1, -0.05) is 0 Å². The summed E-state index contributed by atoms with van der Waals surface area (Å²) in [6, 6.07) is 10.0. The van der Waals surface area contributed by atoms with E-state index >= 15 is 0 Å². The van der Waals surface area contributed by atoms with E-state index in [1.165, 1.54) is 17.1 Å². The Kier molecular flexibility index (Phi) is 4.90. The maximum atomic E-state index is 5.82. The molecule has 1 aliphatic heterocycles. The minimum atomic E-state index is 0.734. The third-order valence-electron chi connectivity index (χ3n) is 4.72. The summed E-state index contributed by atoms with van der Waals surface area (Å²) in [5.41, 5.74) is 4.26. The number of aromatic nitrogens is 1. The Morgan fingerprint density at radius 2 is 1.81 bits per heavy atom. The molecule has 2 heterocycles. The molecule has 1 aliphatic rings. The largest absolute Gasteiger partial charge is 0.497 e. The molecule has 0 atom stereocenters. The van der Waals surface area contributed by atoms with Crippen LogP contribution in [-0.2, 0) is 6.42 Å². The van der Waals surface area contributed by atoms with Crippen molar-refractivity contribution in [3.8, 4) is 44.6 Å². The summed E-state index contributed by atoms with van der Waals surface area (Å²) >= 11 is 1.46. The normalized spacial score (nSPS) is 12.9. The molecule has 0 N–H and O–H groups in total. The van der Waals surface area contributed by atoms with E-state index in [1.807, 2.05) is 30.5 Å². The number of ether oxygens (including phenoxy) is 4. The fourth-order valence-electron chi connectivity index (χ4n) is 3.39. The molecule has 0 spiro atoms. The molecule has 0 radical (unpaired) electrons. The van der Waals surface area contributed by atoms with E-state index in [9.17, 15) is 0 Å². The molecule has 0 bridgehead atoms. The van der Waals surface area contributed by atoms with Crippen molar-refractivity contribution in [2.75, 3.05) is 27.9 Å². The van der Waals surface area contributed by atoms with E-state index in [0.717, 1.165) is 64.0 Å². The molecule has 2 aromatic carbocycles. The van der Waals surface area contributed by atoms with Gasteiger partial charge in [0.2, 0.25) is 0 Å². The fourth-order valence-corrected chi connectivity index (χ4v) is 4.14. The summed E-state index contributed by atoms with van der Waals surface area (Å²) in [6.45, 7) is 0.734. The highest BCUT2D eigenvalue weighted by Crippen LogP contribution is 2.45. The van der Waals surface area contributed by atoms with Crippen LogP contribution in [0.25, 0.3) is 21.6 Å². The maximum Gasteiger partial charge on any atom is 0.164 e. The molecule has 0 unspecified atom stereocenters. The van der Waals surface area contributed by atoms with Crippen molar-refractivity contribution in [3.63, 3.8) is 0 Å². The number of nitrogens with zero attached hydrogens (tertiary/aromatic N) is 1. The summed E-state index contributed by atoms with van der Waals surface area (Å²) in [6.07, 6.45) is 3.88. The van der Waals surface area contributed by atoms with E-state index in [4.69, 9.17) is 18.9 Å². The first-order chi connectivity index (χ1) is 13.2. The summed E-state index contributed by atoms with van der Waals surface area (Å²) < 4.78 is 26.8. The molecule has 0 fully saturated rings. The molecule has 1 aromatic heterocycles. The van der Waals surface area contributed by atoms with E-state index < -0.39 is 0 Å². The van der Waals surface area contributed by atoms with Crippen molar-refractivity contribution in [1.29, 1.82) is 0 Å². The standard InChI is InChI=1S/C21H21NO4S/c1-23-15-6-7-16(18(11-15)24-2)17-12-22-27-21(17)14-9-13-5-4-8-26-20(13)19(10-14)25-3/h6-7,9-12H,4-5,8H2,1-3H3.